The number of carbonyl (C=O) groups is 3. The summed E-state index contributed by atoms with van der Waals surface area (Å²) in [5.41, 5.74) is 0.0537. The Morgan fingerprint density at radius 2 is 1.82 bits per heavy atom. The van der Waals surface area contributed by atoms with Crippen LogP contribution in [-0.2, 0) is 28.0 Å². The Bertz CT molecular complexity index is 1050. The number of hydrogen-bond donors (Lipinski definition) is 2. The SMILES string of the molecule is CC(=O)NC1(c2noc(CCC(=O)Nc3nc4c(s3)C(=O)CC(C)(C)C4)n2)CCCCCC1. The molecule has 1 fully saturated rings. The van der Waals surface area contributed by atoms with E-state index < -0.39 is 5.54 Å². The predicted octanol–water partition coefficient (Wildman–Crippen LogP) is 3.94. The number of aromatic nitrogens is 3. The summed E-state index contributed by atoms with van der Waals surface area (Å²) in [5, 5.41) is 10.5. The van der Waals surface area contributed by atoms with Crippen molar-refractivity contribution in [3.05, 3.63) is 22.3 Å². The molecule has 0 radical (unpaired) electrons. The molecular weight excluding hydrogens is 442 g/mol. The van der Waals surface area contributed by atoms with Crippen molar-refractivity contribution >= 4 is 34.1 Å². The fourth-order valence-corrected chi connectivity index (χ4v) is 5.74. The van der Waals surface area contributed by atoms with Crippen LogP contribution in [0.3, 0.4) is 0 Å². The van der Waals surface area contributed by atoms with Crippen molar-refractivity contribution in [2.75, 3.05) is 5.32 Å². The Morgan fingerprint density at radius 1 is 1.09 bits per heavy atom. The summed E-state index contributed by atoms with van der Waals surface area (Å²) in [6.45, 7) is 5.60. The van der Waals surface area contributed by atoms with Gasteiger partial charge in [0.2, 0.25) is 17.7 Å². The smallest absolute Gasteiger partial charge is 0.227 e. The summed E-state index contributed by atoms with van der Waals surface area (Å²) in [5.74, 6) is 0.603. The number of anilines is 1. The van der Waals surface area contributed by atoms with E-state index in [1.54, 1.807) is 0 Å². The van der Waals surface area contributed by atoms with Crippen LogP contribution in [0.5, 0.6) is 0 Å². The Kier molecular flexibility index (Phi) is 6.65. The second-order valence-corrected chi connectivity index (χ2v) is 11.0. The van der Waals surface area contributed by atoms with Crippen molar-refractivity contribution in [1.29, 1.82) is 0 Å². The van der Waals surface area contributed by atoms with Crippen molar-refractivity contribution < 1.29 is 18.9 Å². The van der Waals surface area contributed by atoms with Crippen LogP contribution in [0.4, 0.5) is 5.13 Å². The fourth-order valence-electron chi connectivity index (χ4n) is 4.80. The maximum Gasteiger partial charge on any atom is 0.227 e. The number of carbonyl (C=O) groups excluding carboxylic acids is 3. The van der Waals surface area contributed by atoms with Gasteiger partial charge in [-0.25, -0.2) is 4.98 Å². The maximum atomic E-state index is 12.5. The first-order valence-corrected chi connectivity index (χ1v) is 12.4. The third-order valence-corrected chi connectivity index (χ3v) is 7.37. The molecule has 2 amide bonds. The average Bonchev–Trinajstić information content (AvgIpc) is 3.28. The minimum absolute atomic E-state index is 0.0873. The van der Waals surface area contributed by atoms with E-state index >= 15 is 0 Å². The number of fused-ring (bicyclic) bond motifs is 1. The van der Waals surface area contributed by atoms with Crippen LogP contribution in [0.15, 0.2) is 4.52 Å². The summed E-state index contributed by atoms with van der Waals surface area (Å²) >= 11 is 1.24. The van der Waals surface area contributed by atoms with E-state index in [4.69, 9.17) is 4.52 Å². The second kappa shape index (κ2) is 9.32. The normalized spacial score (nSPS) is 19.4. The summed E-state index contributed by atoms with van der Waals surface area (Å²) in [6.07, 6.45) is 7.42. The standard InChI is InChI=1S/C23H31N5O4S/c1-14(29)27-23(10-6-4-5-7-11-23)20-26-18(32-28-20)9-8-17(31)25-21-24-15-12-22(2,3)13-16(30)19(15)33-21/h4-13H2,1-3H3,(H,27,29)(H,24,25,31). The van der Waals surface area contributed by atoms with Gasteiger partial charge in [0.25, 0.3) is 0 Å². The molecule has 0 unspecified atom stereocenters. The zero-order valence-electron chi connectivity index (χ0n) is 19.5. The monoisotopic (exact) mass is 473 g/mol. The van der Waals surface area contributed by atoms with Gasteiger partial charge in [0, 0.05) is 26.2 Å². The molecule has 2 heterocycles. The highest BCUT2D eigenvalue weighted by Gasteiger charge is 2.38. The molecule has 0 aromatic carbocycles. The maximum absolute atomic E-state index is 12.5. The lowest BCUT2D eigenvalue weighted by Crippen LogP contribution is -2.45. The van der Waals surface area contributed by atoms with E-state index in [-0.39, 0.29) is 35.9 Å². The van der Waals surface area contributed by atoms with Crippen molar-refractivity contribution in [2.24, 2.45) is 5.41 Å². The van der Waals surface area contributed by atoms with Crippen molar-refractivity contribution in [3.8, 4) is 0 Å². The molecule has 4 rings (SSSR count). The first-order valence-electron chi connectivity index (χ1n) is 11.6. The van der Waals surface area contributed by atoms with Gasteiger partial charge < -0.3 is 15.2 Å². The molecule has 2 aliphatic carbocycles. The highest BCUT2D eigenvalue weighted by Crippen LogP contribution is 2.38. The van der Waals surface area contributed by atoms with Gasteiger partial charge in [-0.1, -0.05) is 56.0 Å². The van der Waals surface area contributed by atoms with Crippen molar-refractivity contribution in [3.63, 3.8) is 0 Å². The molecule has 2 N–H and O–H groups in total. The van der Waals surface area contributed by atoms with Crippen LogP contribution in [0, 0.1) is 5.41 Å². The lowest BCUT2D eigenvalue weighted by Gasteiger charge is -2.30. The molecule has 2 aromatic rings. The minimum Gasteiger partial charge on any atom is -0.343 e. The number of amides is 2. The number of ketones is 1. The summed E-state index contributed by atoms with van der Waals surface area (Å²) in [4.78, 5) is 46.4. The van der Waals surface area contributed by atoms with Gasteiger partial charge in [0.1, 0.15) is 5.54 Å². The van der Waals surface area contributed by atoms with Crippen LogP contribution in [-0.4, -0.2) is 32.7 Å². The number of hydrogen-bond acceptors (Lipinski definition) is 8. The predicted molar refractivity (Wildman–Crippen MR) is 123 cm³/mol. The van der Waals surface area contributed by atoms with Gasteiger partial charge in [0.15, 0.2) is 16.7 Å². The highest BCUT2D eigenvalue weighted by atomic mass is 32.1. The van der Waals surface area contributed by atoms with Crippen LogP contribution in [0.25, 0.3) is 0 Å². The third-order valence-electron chi connectivity index (χ3n) is 6.32. The molecule has 0 bridgehead atoms. The quantitative estimate of drug-likeness (QED) is 0.608. The lowest BCUT2D eigenvalue weighted by molar-refractivity contribution is -0.121. The van der Waals surface area contributed by atoms with E-state index in [0.717, 1.165) is 50.6 Å². The van der Waals surface area contributed by atoms with Gasteiger partial charge >= 0.3 is 0 Å². The van der Waals surface area contributed by atoms with Crippen molar-refractivity contribution in [2.45, 2.75) is 90.5 Å². The van der Waals surface area contributed by atoms with Crippen molar-refractivity contribution in [1.82, 2.24) is 20.4 Å². The molecule has 9 nitrogen and oxygen atoms in total. The summed E-state index contributed by atoms with van der Waals surface area (Å²) in [7, 11) is 0. The van der Waals surface area contributed by atoms with Crippen LogP contribution < -0.4 is 10.6 Å². The minimum atomic E-state index is -0.605. The van der Waals surface area contributed by atoms with Gasteiger partial charge in [-0.05, 0) is 24.7 Å². The number of thiazole rings is 1. The number of nitrogens with zero attached hydrogens (tertiary/aromatic N) is 3. The van der Waals surface area contributed by atoms with E-state index in [1.165, 1.54) is 18.3 Å². The molecule has 2 aliphatic rings. The van der Waals surface area contributed by atoms with Gasteiger partial charge in [-0.2, -0.15) is 4.98 Å². The summed E-state index contributed by atoms with van der Waals surface area (Å²) < 4.78 is 5.42. The fraction of sp³-hybridized carbons (Fsp3) is 0.652. The number of Topliss-reactive ketones (excluding diaryl/α,β-unsaturated/α-hetero) is 1. The molecule has 0 spiro atoms. The molecule has 0 saturated heterocycles. The zero-order valence-corrected chi connectivity index (χ0v) is 20.3. The third kappa shape index (κ3) is 5.48. The largest absolute Gasteiger partial charge is 0.343 e. The van der Waals surface area contributed by atoms with Gasteiger partial charge in [0.05, 0.1) is 10.6 Å². The zero-order chi connectivity index (χ0) is 23.6. The summed E-state index contributed by atoms with van der Waals surface area (Å²) in [6, 6.07) is 0. The van der Waals surface area contributed by atoms with Gasteiger partial charge in [-0.3, -0.25) is 14.4 Å². The van der Waals surface area contributed by atoms with Gasteiger partial charge in [-0.15, -0.1) is 0 Å². The Hall–Kier alpha value is -2.62. The second-order valence-electron chi connectivity index (χ2n) is 9.97. The van der Waals surface area contributed by atoms with E-state index in [0.29, 0.717) is 28.1 Å². The topological polar surface area (TPSA) is 127 Å². The average molecular weight is 474 g/mol. The first kappa shape index (κ1) is 23.5. The first-order chi connectivity index (χ1) is 15.7. The van der Waals surface area contributed by atoms with E-state index in [9.17, 15) is 14.4 Å². The molecule has 10 heteroatoms. The van der Waals surface area contributed by atoms with Crippen LogP contribution >= 0.6 is 11.3 Å². The number of nitrogens with one attached hydrogen (secondary N) is 2. The molecule has 0 atom stereocenters. The molecular formula is C23H31N5O4S. The molecule has 33 heavy (non-hydrogen) atoms. The molecule has 2 aromatic heterocycles. The Balaban J connectivity index is 1.38. The van der Waals surface area contributed by atoms with Crippen LogP contribution in [0.2, 0.25) is 0 Å². The molecule has 1 saturated carbocycles. The number of aryl methyl sites for hydroxylation is 1. The number of rotatable bonds is 6. The lowest BCUT2D eigenvalue weighted by atomic mass is 9.78. The van der Waals surface area contributed by atoms with Crippen LogP contribution in [0.1, 0.15) is 99.2 Å². The van der Waals surface area contributed by atoms with E-state index in [2.05, 4.69) is 39.6 Å². The Labute approximate surface area is 197 Å². The Morgan fingerprint density at radius 3 is 2.52 bits per heavy atom. The molecule has 0 aliphatic heterocycles. The van der Waals surface area contributed by atoms with E-state index in [1.807, 2.05) is 0 Å². The molecule has 178 valence electrons. The highest BCUT2D eigenvalue weighted by molar-refractivity contribution is 7.17.